The molecular weight excluding hydrogens is 392 g/mol. The first-order valence-corrected chi connectivity index (χ1v) is 8.70. The van der Waals surface area contributed by atoms with Crippen LogP contribution in [0.5, 0.6) is 5.88 Å². The second kappa shape index (κ2) is 6.72. The van der Waals surface area contributed by atoms with Crippen molar-refractivity contribution in [2.75, 3.05) is 0 Å². The number of aromatic amines is 1. The summed E-state index contributed by atoms with van der Waals surface area (Å²) in [5.41, 5.74) is 1.76. The van der Waals surface area contributed by atoms with Crippen molar-refractivity contribution in [3.8, 4) is 5.88 Å². The number of aromatic hydroxyl groups is 1. The van der Waals surface area contributed by atoms with E-state index in [4.69, 9.17) is 23.2 Å². The quantitative estimate of drug-likeness (QED) is 0.668. The largest absolute Gasteiger partial charge is 0.493 e. The number of H-pyrrole nitrogens is 1. The van der Waals surface area contributed by atoms with Crippen LogP contribution in [0.25, 0.3) is 11.6 Å². The first-order chi connectivity index (χ1) is 12.9. The second-order valence-electron chi connectivity index (χ2n) is 6.00. The summed E-state index contributed by atoms with van der Waals surface area (Å²) in [7, 11) is 0. The predicted molar refractivity (Wildman–Crippen MR) is 105 cm³/mol. The van der Waals surface area contributed by atoms with Gasteiger partial charge in [0.15, 0.2) is 5.82 Å². The summed E-state index contributed by atoms with van der Waals surface area (Å²) in [6.45, 7) is 0.177. The summed E-state index contributed by atoms with van der Waals surface area (Å²) in [6, 6.07) is 10.0. The first kappa shape index (κ1) is 17.6. The normalized spacial score (nSPS) is 14.1. The van der Waals surface area contributed by atoms with Crippen molar-refractivity contribution in [3.05, 3.63) is 79.6 Å². The Kier molecular flexibility index (Phi) is 4.37. The molecule has 3 aromatic rings. The Morgan fingerprint density at radius 1 is 1.19 bits per heavy atom. The van der Waals surface area contributed by atoms with Crippen molar-refractivity contribution < 1.29 is 9.50 Å². The zero-order chi connectivity index (χ0) is 19.1. The number of allylic oxidation sites excluding steroid dienone is 1. The van der Waals surface area contributed by atoms with E-state index in [9.17, 15) is 14.3 Å². The van der Waals surface area contributed by atoms with Gasteiger partial charge in [0.05, 0.1) is 11.6 Å². The van der Waals surface area contributed by atoms with Crippen LogP contribution in [0.3, 0.4) is 0 Å². The summed E-state index contributed by atoms with van der Waals surface area (Å²) < 4.78 is 15.2. The van der Waals surface area contributed by atoms with Gasteiger partial charge in [-0.05, 0) is 29.8 Å². The van der Waals surface area contributed by atoms with Gasteiger partial charge < -0.3 is 10.1 Å². The van der Waals surface area contributed by atoms with E-state index < -0.39 is 11.5 Å². The van der Waals surface area contributed by atoms with E-state index in [-0.39, 0.29) is 28.8 Å². The number of nitrogens with zero attached hydrogens (tertiary/aromatic N) is 2. The smallest absolute Gasteiger partial charge is 0.329 e. The van der Waals surface area contributed by atoms with Crippen molar-refractivity contribution in [3.63, 3.8) is 0 Å². The SMILES string of the molecule is O=c1[nH]c(C=C2C=Nc3c2ccc(Cl)c3F)c(O)n1Cc1ccc(Cl)cc1. The zero-order valence-electron chi connectivity index (χ0n) is 13.7. The number of nitrogens with one attached hydrogen (secondary N) is 1. The van der Waals surface area contributed by atoms with Crippen molar-refractivity contribution in [1.29, 1.82) is 0 Å². The number of aromatic nitrogens is 2. The minimum atomic E-state index is -0.605. The molecule has 0 bridgehead atoms. The van der Waals surface area contributed by atoms with Gasteiger partial charge in [-0.2, -0.15) is 0 Å². The molecule has 0 saturated heterocycles. The molecule has 0 aliphatic carbocycles. The molecule has 2 heterocycles. The summed E-state index contributed by atoms with van der Waals surface area (Å²) >= 11 is 11.6. The standard InChI is InChI=1S/C19H12Cl2FN3O2/c20-12-3-1-10(2-4-12)9-25-18(26)15(24-19(25)27)7-11-8-23-17-13(11)5-6-14(21)16(17)22/h1-8,26H,9H2,(H,24,27). The van der Waals surface area contributed by atoms with Gasteiger partial charge in [-0.3, -0.25) is 9.56 Å². The maximum absolute atomic E-state index is 14.0. The molecule has 0 amide bonds. The molecule has 5 nitrogen and oxygen atoms in total. The lowest BCUT2D eigenvalue weighted by molar-refractivity contribution is 0.420. The number of benzene rings is 2. The van der Waals surface area contributed by atoms with Gasteiger partial charge in [-0.25, -0.2) is 9.18 Å². The minimum Gasteiger partial charge on any atom is -0.493 e. The van der Waals surface area contributed by atoms with Crippen molar-refractivity contribution in [2.24, 2.45) is 4.99 Å². The third-order valence-corrected chi connectivity index (χ3v) is 4.79. The molecule has 0 radical (unpaired) electrons. The molecule has 8 heteroatoms. The molecule has 2 aromatic carbocycles. The maximum atomic E-state index is 14.0. The van der Waals surface area contributed by atoms with Gasteiger partial charge in [0, 0.05) is 22.4 Å². The predicted octanol–water partition coefficient (Wildman–Crippen LogP) is 4.63. The minimum absolute atomic E-state index is 0.0162. The highest BCUT2D eigenvalue weighted by atomic mass is 35.5. The lowest BCUT2D eigenvalue weighted by atomic mass is 10.1. The molecule has 2 N–H and O–H groups in total. The van der Waals surface area contributed by atoms with Crippen LogP contribution in [0.4, 0.5) is 10.1 Å². The van der Waals surface area contributed by atoms with Gasteiger partial charge in [0.1, 0.15) is 11.4 Å². The lowest BCUT2D eigenvalue weighted by Gasteiger charge is -2.04. The Morgan fingerprint density at radius 3 is 2.67 bits per heavy atom. The summed E-state index contributed by atoms with van der Waals surface area (Å²) in [5, 5.41) is 11.0. The zero-order valence-corrected chi connectivity index (χ0v) is 15.2. The highest BCUT2D eigenvalue weighted by Crippen LogP contribution is 2.38. The molecule has 136 valence electrons. The third kappa shape index (κ3) is 3.18. The van der Waals surface area contributed by atoms with Crippen LogP contribution >= 0.6 is 23.2 Å². The van der Waals surface area contributed by atoms with Crippen LogP contribution in [0.15, 0.2) is 46.2 Å². The number of hydrogen-bond acceptors (Lipinski definition) is 3. The Morgan fingerprint density at radius 2 is 1.93 bits per heavy atom. The van der Waals surface area contributed by atoms with E-state index in [0.717, 1.165) is 5.56 Å². The van der Waals surface area contributed by atoms with Gasteiger partial charge >= 0.3 is 5.69 Å². The molecule has 0 atom stereocenters. The van der Waals surface area contributed by atoms with Crippen LogP contribution < -0.4 is 5.69 Å². The molecule has 4 rings (SSSR count). The number of halogens is 3. The number of hydrogen-bond donors (Lipinski definition) is 2. The maximum Gasteiger partial charge on any atom is 0.329 e. The highest BCUT2D eigenvalue weighted by molar-refractivity contribution is 6.32. The molecule has 1 aliphatic heterocycles. The fourth-order valence-electron chi connectivity index (χ4n) is 2.87. The van der Waals surface area contributed by atoms with Gasteiger partial charge in [-0.1, -0.05) is 41.4 Å². The van der Waals surface area contributed by atoms with Crippen molar-refractivity contribution in [1.82, 2.24) is 9.55 Å². The van der Waals surface area contributed by atoms with Gasteiger partial charge in [0.2, 0.25) is 5.88 Å². The molecule has 1 aliphatic rings. The highest BCUT2D eigenvalue weighted by Gasteiger charge is 2.20. The van der Waals surface area contributed by atoms with Gasteiger partial charge in [0.25, 0.3) is 0 Å². The Balaban J connectivity index is 1.70. The lowest BCUT2D eigenvalue weighted by Crippen LogP contribution is -2.17. The molecule has 0 unspecified atom stereocenters. The molecule has 27 heavy (non-hydrogen) atoms. The average molecular weight is 404 g/mol. The summed E-state index contributed by atoms with van der Waals surface area (Å²) in [4.78, 5) is 18.9. The summed E-state index contributed by atoms with van der Waals surface area (Å²) in [6.07, 6.45) is 3.00. The molecule has 0 fully saturated rings. The first-order valence-electron chi connectivity index (χ1n) is 7.94. The average Bonchev–Trinajstić information content (AvgIpc) is 3.17. The molecule has 1 aromatic heterocycles. The number of fused-ring (bicyclic) bond motifs is 1. The molecule has 0 saturated carbocycles. The van der Waals surface area contributed by atoms with Crippen molar-refractivity contribution >= 4 is 46.8 Å². The number of imidazole rings is 1. The Bertz CT molecular complexity index is 1160. The van der Waals surface area contributed by atoms with E-state index in [1.54, 1.807) is 30.3 Å². The fraction of sp³-hybridized carbons (Fsp3) is 0.0526. The molecular formula is C19H12Cl2FN3O2. The van der Waals surface area contributed by atoms with E-state index in [2.05, 4.69) is 9.98 Å². The number of aliphatic imine (C=N–C) groups is 1. The van der Waals surface area contributed by atoms with Crippen LogP contribution in [0, 0.1) is 5.82 Å². The van der Waals surface area contributed by atoms with Gasteiger partial charge in [-0.15, -0.1) is 0 Å². The van der Waals surface area contributed by atoms with Crippen molar-refractivity contribution in [2.45, 2.75) is 6.54 Å². The fourth-order valence-corrected chi connectivity index (χ4v) is 3.15. The topological polar surface area (TPSA) is 70.4 Å². The molecule has 0 spiro atoms. The number of rotatable bonds is 3. The third-order valence-electron chi connectivity index (χ3n) is 4.25. The Labute approximate surface area is 163 Å². The summed E-state index contributed by atoms with van der Waals surface area (Å²) in [5.74, 6) is -0.828. The second-order valence-corrected chi connectivity index (χ2v) is 6.84. The van der Waals surface area contributed by atoms with E-state index >= 15 is 0 Å². The van der Waals surface area contributed by atoms with Crippen LogP contribution in [-0.4, -0.2) is 20.9 Å². The van der Waals surface area contributed by atoms with Crippen LogP contribution in [0.1, 0.15) is 16.8 Å². The monoisotopic (exact) mass is 403 g/mol. The van der Waals surface area contributed by atoms with E-state index in [1.165, 1.54) is 22.9 Å². The van der Waals surface area contributed by atoms with Crippen LogP contribution in [-0.2, 0) is 6.54 Å². The van der Waals surface area contributed by atoms with E-state index in [0.29, 0.717) is 16.2 Å². The van der Waals surface area contributed by atoms with Crippen LogP contribution in [0.2, 0.25) is 10.0 Å². The Hall–Kier alpha value is -2.83. The van der Waals surface area contributed by atoms with E-state index in [1.807, 2.05) is 0 Å².